The van der Waals surface area contributed by atoms with E-state index < -0.39 is 0 Å². The van der Waals surface area contributed by atoms with E-state index in [-0.39, 0.29) is 0 Å². The lowest BCUT2D eigenvalue weighted by molar-refractivity contribution is 0.122. The number of morpholine rings is 1. The number of benzene rings is 2. The third-order valence-corrected chi connectivity index (χ3v) is 5.85. The van der Waals surface area contributed by atoms with Gasteiger partial charge in [0.2, 0.25) is 0 Å². The van der Waals surface area contributed by atoms with E-state index in [9.17, 15) is 0 Å². The van der Waals surface area contributed by atoms with Crippen molar-refractivity contribution >= 4 is 22.8 Å². The Morgan fingerprint density at radius 3 is 2.47 bits per heavy atom. The maximum Gasteiger partial charge on any atom is 0.163 e. The Kier molecular flexibility index (Phi) is 4.81. The van der Waals surface area contributed by atoms with Crippen LogP contribution in [0.5, 0.6) is 11.5 Å². The molecule has 1 saturated heterocycles. The SMILES string of the molecule is c1ccn2c(Nc3ccc4c(c3)OCCO4)c(-c3ccc(N4CCOCC4)cc3)nc2c1. The Balaban J connectivity index is 1.37. The van der Waals surface area contributed by atoms with E-state index in [1.165, 1.54) is 5.69 Å². The monoisotopic (exact) mass is 428 g/mol. The third kappa shape index (κ3) is 3.50. The quantitative estimate of drug-likeness (QED) is 0.521. The summed E-state index contributed by atoms with van der Waals surface area (Å²) < 4.78 is 19.0. The van der Waals surface area contributed by atoms with Gasteiger partial charge in [-0.2, -0.15) is 0 Å². The van der Waals surface area contributed by atoms with E-state index in [0.717, 1.165) is 66.2 Å². The first-order valence-corrected chi connectivity index (χ1v) is 10.9. The van der Waals surface area contributed by atoms with Crippen LogP contribution in [0, 0.1) is 0 Å². The summed E-state index contributed by atoms with van der Waals surface area (Å²) in [7, 11) is 0. The smallest absolute Gasteiger partial charge is 0.163 e. The number of nitrogens with zero attached hydrogens (tertiary/aromatic N) is 3. The maximum absolute atomic E-state index is 5.76. The molecular weight excluding hydrogens is 404 g/mol. The van der Waals surface area contributed by atoms with Gasteiger partial charge in [0.05, 0.1) is 13.2 Å². The molecule has 0 bridgehead atoms. The van der Waals surface area contributed by atoms with Gasteiger partial charge in [0, 0.05) is 42.3 Å². The first-order valence-electron chi connectivity index (χ1n) is 10.9. The highest BCUT2D eigenvalue weighted by atomic mass is 16.6. The number of aromatic nitrogens is 2. The molecule has 2 aromatic heterocycles. The van der Waals surface area contributed by atoms with Gasteiger partial charge in [-0.15, -0.1) is 0 Å². The summed E-state index contributed by atoms with van der Waals surface area (Å²) in [6, 6.07) is 20.6. The molecule has 0 aliphatic carbocycles. The average molecular weight is 428 g/mol. The van der Waals surface area contributed by atoms with Crippen LogP contribution in [0.4, 0.5) is 17.2 Å². The normalized spacial score (nSPS) is 15.7. The first kappa shape index (κ1) is 19.0. The van der Waals surface area contributed by atoms with Gasteiger partial charge < -0.3 is 24.4 Å². The van der Waals surface area contributed by atoms with Crippen molar-refractivity contribution in [2.45, 2.75) is 0 Å². The number of anilines is 3. The van der Waals surface area contributed by atoms with Crippen LogP contribution in [0.1, 0.15) is 0 Å². The van der Waals surface area contributed by atoms with Crippen LogP contribution in [0.3, 0.4) is 0 Å². The Hall–Kier alpha value is -3.71. The molecule has 0 amide bonds. The number of ether oxygens (including phenoxy) is 3. The van der Waals surface area contributed by atoms with Crippen LogP contribution >= 0.6 is 0 Å². The van der Waals surface area contributed by atoms with Gasteiger partial charge >= 0.3 is 0 Å². The molecule has 0 saturated carbocycles. The fourth-order valence-corrected chi connectivity index (χ4v) is 4.23. The van der Waals surface area contributed by atoms with Crippen LogP contribution in [0.2, 0.25) is 0 Å². The fourth-order valence-electron chi connectivity index (χ4n) is 4.23. The molecule has 0 spiro atoms. The first-order chi connectivity index (χ1) is 15.8. The lowest BCUT2D eigenvalue weighted by Gasteiger charge is -2.28. The summed E-state index contributed by atoms with van der Waals surface area (Å²) in [6.07, 6.45) is 2.02. The molecule has 7 heteroatoms. The molecule has 2 aliphatic heterocycles. The van der Waals surface area contributed by atoms with Crippen molar-refractivity contribution in [1.82, 2.24) is 9.38 Å². The molecular formula is C25H24N4O3. The summed E-state index contributed by atoms with van der Waals surface area (Å²) in [6.45, 7) is 4.54. The van der Waals surface area contributed by atoms with Gasteiger partial charge in [0.1, 0.15) is 30.4 Å². The highest BCUT2D eigenvalue weighted by Crippen LogP contribution is 2.36. The molecule has 32 heavy (non-hydrogen) atoms. The van der Waals surface area contributed by atoms with Gasteiger partial charge in [-0.05, 0) is 36.4 Å². The zero-order valence-corrected chi connectivity index (χ0v) is 17.7. The van der Waals surface area contributed by atoms with Crippen molar-refractivity contribution in [3.05, 3.63) is 66.9 Å². The van der Waals surface area contributed by atoms with Gasteiger partial charge in [0.25, 0.3) is 0 Å². The Bertz CT molecular complexity index is 1250. The summed E-state index contributed by atoms with van der Waals surface area (Å²) in [5.41, 5.74) is 4.98. The Morgan fingerprint density at radius 1 is 0.812 bits per heavy atom. The second-order valence-electron chi connectivity index (χ2n) is 7.87. The van der Waals surface area contributed by atoms with Crippen LogP contribution in [0.15, 0.2) is 66.9 Å². The molecule has 0 unspecified atom stereocenters. The van der Waals surface area contributed by atoms with Gasteiger partial charge in [0.15, 0.2) is 11.5 Å². The van der Waals surface area contributed by atoms with Crippen molar-refractivity contribution in [2.24, 2.45) is 0 Å². The molecule has 7 nitrogen and oxygen atoms in total. The number of pyridine rings is 1. The summed E-state index contributed by atoms with van der Waals surface area (Å²) in [4.78, 5) is 7.27. The standard InChI is InChI=1S/C25H24N4O3/c1-2-10-29-23(3-1)27-24(18-4-7-20(8-5-18)28-11-13-30-14-12-28)25(29)26-19-6-9-21-22(17-19)32-16-15-31-21/h1-10,17,26H,11-16H2. The largest absolute Gasteiger partial charge is 0.486 e. The molecule has 2 aromatic carbocycles. The number of imidazole rings is 1. The van der Waals surface area contributed by atoms with Gasteiger partial charge in [-0.25, -0.2) is 4.98 Å². The summed E-state index contributed by atoms with van der Waals surface area (Å²) >= 11 is 0. The highest BCUT2D eigenvalue weighted by molar-refractivity contribution is 5.80. The number of rotatable bonds is 4. The molecule has 4 aromatic rings. The van der Waals surface area contributed by atoms with Crippen LogP contribution in [-0.4, -0.2) is 48.9 Å². The molecule has 0 radical (unpaired) electrons. The van der Waals surface area contributed by atoms with E-state index in [0.29, 0.717) is 13.2 Å². The minimum Gasteiger partial charge on any atom is -0.486 e. The van der Waals surface area contributed by atoms with E-state index in [2.05, 4.69) is 38.9 Å². The highest BCUT2D eigenvalue weighted by Gasteiger charge is 2.18. The van der Waals surface area contributed by atoms with Crippen molar-refractivity contribution in [2.75, 3.05) is 49.7 Å². The average Bonchev–Trinajstić information content (AvgIpc) is 3.23. The molecule has 1 fully saturated rings. The number of nitrogens with one attached hydrogen (secondary N) is 1. The van der Waals surface area contributed by atoms with Crippen molar-refractivity contribution in [3.63, 3.8) is 0 Å². The zero-order valence-electron chi connectivity index (χ0n) is 17.7. The topological polar surface area (TPSA) is 60.3 Å². The van der Waals surface area contributed by atoms with Crippen LogP contribution < -0.4 is 19.7 Å². The predicted molar refractivity (Wildman–Crippen MR) is 124 cm³/mol. The number of hydrogen-bond donors (Lipinski definition) is 1. The third-order valence-electron chi connectivity index (χ3n) is 5.85. The van der Waals surface area contributed by atoms with E-state index >= 15 is 0 Å². The van der Waals surface area contributed by atoms with E-state index in [1.807, 2.05) is 42.6 Å². The predicted octanol–water partition coefficient (Wildman–Crippen LogP) is 4.35. The molecule has 162 valence electrons. The molecule has 0 atom stereocenters. The second kappa shape index (κ2) is 8.09. The lowest BCUT2D eigenvalue weighted by Crippen LogP contribution is -2.36. The minimum atomic E-state index is 0.562. The van der Waals surface area contributed by atoms with E-state index in [1.54, 1.807) is 0 Å². The maximum atomic E-state index is 5.76. The lowest BCUT2D eigenvalue weighted by atomic mass is 10.1. The van der Waals surface area contributed by atoms with Crippen LogP contribution in [-0.2, 0) is 4.74 Å². The molecule has 6 rings (SSSR count). The van der Waals surface area contributed by atoms with Crippen molar-refractivity contribution < 1.29 is 14.2 Å². The molecule has 2 aliphatic rings. The zero-order chi connectivity index (χ0) is 21.3. The second-order valence-corrected chi connectivity index (χ2v) is 7.87. The molecule has 4 heterocycles. The van der Waals surface area contributed by atoms with Crippen molar-refractivity contribution in [3.8, 4) is 22.8 Å². The summed E-state index contributed by atoms with van der Waals surface area (Å²) in [5, 5.41) is 3.56. The van der Waals surface area contributed by atoms with E-state index in [4.69, 9.17) is 19.2 Å². The summed E-state index contributed by atoms with van der Waals surface area (Å²) in [5.74, 6) is 2.45. The van der Waals surface area contributed by atoms with Gasteiger partial charge in [-0.3, -0.25) is 4.40 Å². The molecule has 1 N–H and O–H groups in total. The van der Waals surface area contributed by atoms with Gasteiger partial charge in [-0.1, -0.05) is 18.2 Å². The van der Waals surface area contributed by atoms with Crippen molar-refractivity contribution in [1.29, 1.82) is 0 Å². The minimum absolute atomic E-state index is 0.562. The Morgan fingerprint density at radius 2 is 1.62 bits per heavy atom. The fraction of sp³-hybridized carbons (Fsp3) is 0.240. The van der Waals surface area contributed by atoms with Crippen LogP contribution in [0.25, 0.3) is 16.9 Å². The number of hydrogen-bond acceptors (Lipinski definition) is 6. The Labute approximate surface area is 186 Å². The number of fused-ring (bicyclic) bond motifs is 2.